The van der Waals surface area contributed by atoms with Crippen LogP contribution in [0.5, 0.6) is 0 Å². The van der Waals surface area contributed by atoms with Crippen molar-refractivity contribution in [2.75, 3.05) is 32.7 Å². The fourth-order valence-corrected chi connectivity index (χ4v) is 2.87. The third-order valence-electron chi connectivity index (χ3n) is 4.57. The van der Waals surface area contributed by atoms with Gasteiger partial charge in [-0.1, -0.05) is 18.2 Å². The van der Waals surface area contributed by atoms with Crippen LogP contribution < -0.4 is 5.73 Å². The minimum Gasteiger partial charge on any atom is -0.339 e. The minimum atomic E-state index is -0.286. The topological polar surface area (TPSA) is 66.6 Å². The number of hydrogen-bond donors (Lipinski definition) is 1. The Morgan fingerprint density at radius 1 is 1.00 bits per heavy atom. The molecule has 112 valence electrons. The Bertz CT molecular complexity index is 532. The van der Waals surface area contributed by atoms with Crippen LogP contribution in [0.2, 0.25) is 0 Å². The zero-order chi connectivity index (χ0) is 14.9. The normalized spacial score (nSPS) is 20.2. The predicted octanol–water partition coefficient (Wildman–Crippen LogP) is 0.710. The Labute approximate surface area is 124 Å². The first-order valence-electron chi connectivity index (χ1n) is 7.50. The van der Waals surface area contributed by atoms with E-state index in [2.05, 4.69) is 0 Å². The van der Waals surface area contributed by atoms with E-state index in [9.17, 15) is 9.59 Å². The molecule has 0 bridgehead atoms. The molecule has 2 N–H and O–H groups in total. The van der Waals surface area contributed by atoms with E-state index in [1.165, 1.54) is 0 Å². The lowest BCUT2D eigenvalue weighted by atomic mass is 10.1. The van der Waals surface area contributed by atoms with Crippen molar-refractivity contribution in [3.63, 3.8) is 0 Å². The van der Waals surface area contributed by atoms with Crippen molar-refractivity contribution < 1.29 is 9.59 Å². The van der Waals surface area contributed by atoms with E-state index in [1.807, 2.05) is 40.1 Å². The molecule has 0 spiro atoms. The zero-order valence-electron chi connectivity index (χ0n) is 12.1. The Morgan fingerprint density at radius 2 is 1.57 bits per heavy atom. The highest BCUT2D eigenvalue weighted by Gasteiger charge is 2.50. The summed E-state index contributed by atoms with van der Waals surface area (Å²) in [6, 6.07) is 9.28. The molecule has 1 saturated heterocycles. The summed E-state index contributed by atoms with van der Waals surface area (Å²) in [6.45, 7) is 2.85. The lowest BCUT2D eigenvalue weighted by Gasteiger charge is -2.36. The monoisotopic (exact) mass is 287 g/mol. The van der Waals surface area contributed by atoms with Gasteiger partial charge >= 0.3 is 0 Å². The summed E-state index contributed by atoms with van der Waals surface area (Å²) in [5.74, 6) is 0.222. The SMILES string of the molecule is NCC1(C(=O)N2CCN(C(=O)c3ccccc3)CC2)CC1. The highest BCUT2D eigenvalue weighted by molar-refractivity contribution is 5.94. The van der Waals surface area contributed by atoms with E-state index < -0.39 is 0 Å². The maximum atomic E-state index is 12.4. The molecule has 0 atom stereocenters. The number of benzene rings is 1. The first-order valence-corrected chi connectivity index (χ1v) is 7.50. The Balaban J connectivity index is 1.58. The van der Waals surface area contributed by atoms with E-state index in [1.54, 1.807) is 0 Å². The van der Waals surface area contributed by atoms with Gasteiger partial charge in [0, 0.05) is 38.3 Å². The maximum absolute atomic E-state index is 12.4. The molecule has 21 heavy (non-hydrogen) atoms. The smallest absolute Gasteiger partial charge is 0.253 e. The molecule has 1 aliphatic heterocycles. The van der Waals surface area contributed by atoms with E-state index >= 15 is 0 Å². The van der Waals surface area contributed by atoms with Gasteiger partial charge in [-0.2, -0.15) is 0 Å². The molecule has 1 aromatic rings. The van der Waals surface area contributed by atoms with Crippen LogP contribution in [0.15, 0.2) is 30.3 Å². The second-order valence-corrected chi connectivity index (χ2v) is 5.93. The summed E-state index contributed by atoms with van der Waals surface area (Å²) in [5.41, 5.74) is 6.14. The highest BCUT2D eigenvalue weighted by Crippen LogP contribution is 2.46. The van der Waals surface area contributed by atoms with Gasteiger partial charge in [-0.3, -0.25) is 9.59 Å². The van der Waals surface area contributed by atoms with Gasteiger partial charge in [-0.25, -0.2) is 0 Å². The van der Waals surface area contributed by atoms with Crippen molar-refractivity contribution >= 4 is 11.8 Å². The fraction of sp³-hybridized carbons (Fsp3) is 0.500. The molecule has 0 aromatic heterocycles. The molecule has 5 nitrogen and oxygen atoms in total. The first-order chi connectivity index (χ1) is 10.2. The van der Waals surface area contributed by atoms with Crippen LogP contribution in [0.1, 0.15) is 23.2 Å². The maximum Gasteiger partial charge on any atom is 0.253 e. The molecule has 0 unspecified atom stereocenters. The van der Waals surface area contributed by atoms with Gasteiger partial charge in [-0.15, -0.1) is 0 Å². The number of hydrogen-bond acceptors (Lipinski definition) is 3. The lowest BCUT2D eigenvalue weighted by Crippen LogP contribution is -2.53. The molecule has 5 heteroatoms. The molecule has 2 amide bonds. The minimum absolute atomic E-state index is 0.0441. The summed E-state index contributed by atoms with van der Waals surface area (Å²) >= 11 is 0. The standard InChI is InChI=1S/C16H21N3O2/c17-12-16(6-7-16)15(21)19-10-8-18(9-11-19)14(20)13-4-2-1-3-5-13/h1-5H,6-12,17H2. The quantitative estimate of drug-likeness (QED) is 0.890. The van der Waals surface area contributed by atoms with Crippen molar-refractivity contribution in [2.45, 2.75) is 12.8 Å². The molecule has 2 fully saturated rings. The second kappa shape index (κ2) is 5.48. The molecule has 1 heterocycles. The third kappa shape index (κ3) is 2.65. The van der Waals surface area contributed by atoms with Crippen LogP contribution in [-0.2, 0) is 4.79 Å². The van der Waals surface area contributed by atoms with Gasteiger partial charge in [0.15, 0.2) is 0 Å². The van der Waals surface area contributed by atoms with E-state index in [0.717, 1.165) is 12.8 Å². The summed E-state index contributed by atoms with van der Waals surface area (Å²) in [7, 11) is 0. The molecule has 1 aliphatic carbocycles. The van der Waals surface area contributed by atoms with E-state index in [0.29, 0.717) is 38.3 Å². The Kier molecular flexibility index (Phi) is 3.68. The van der Waals surface area contributed by atoms with Crippen molar-refractivity contribution in [2.24, 2.45) is 11.1 Å². The predicted molar refractivity (Wildman–Crippen MR) is 79.6 cm³/mol. The fourth-order valence-electron chi connectivity index (χ4n) is 2.87. The lowest BCUT2D eigenvalue weighted by molar-refractivity contribution is -0.138. The molecular formula is C16H21N3O2. The number of carbonyl (C=O) groups is 2. The highest BCUT2D eigenvalue weighted by atomic mass is 16.2. The number of amides is 2. The Hall–Kier alpha value is -1.88. The van der Waals surface area contributed by atoms with Gasteiger partial charge in [0.05, 0.1) is 5.41 Å². The molecule has 0 radical (unpaired) electrons. The van der Waals surface area contributed by atoms with Gasteiger partial charge in [0.2, 0.25) is 5.91 Å². The van der Waals surface area contributed by atoms with Gasteiger partial charge in [-0.05, 0) is 25.0 Å². The number of nitrogens with zero attached hydrogens (tertiary/aromatic N) is 2. The molecule has 1 saturated carbocycles. The second-order valence-electron chi connectivity index (χ2n) is 5.93. The summed E-state index contributed by atoms with van der Waals surface area (Å²) < 4.78 is 0. The average molecular weight is 287 g/mol. The molecule has 1 aromatic carbocycles. The third-order valence-corrected chi connectivity index (χ3v) is 4.57. The number of nitrogens with two attached hydrogens (primary N) is 1. The van der Waals surface area contributed by atoms with Gasteiger partial charge in [0.25, 0.3) is 5.91 Å². The van der Waals surface area contributed by atoms with Crippen molar-refractivity contribution in [3.8, 4) is 0 Å². The number of piperazine rings is 1. The van der Waals surface area contributed by atoms with Crippen LogP contribution in [-0.4, -0.2) is 54.3 Å². The van der Waals surface area contributed by atoms with Crippen LogP contribution in [0, 0.1) is 5.41 Å². The van der Waals surface area contributed by atoms with Crippen molar-refractivity contribution in [1.82, 2.24) is 9.80 Å². The number of carbonyl (C=O) groups excluding carboxylic acids is 2. The van der Waals surface area contributed by atoms with E-state index in [4.69, 9.17) is 5.73 Å². The zero-order valence-corrected chi connectivity index (χ0v) is 12.1. The van der Waals surface area contributed by atoms with Crippen LogP contribution in [0.3, 0.4) is 0 Å². The largest absolute Gasteiger partial charge is 0.339 e. The van der Waals surface area contributed by atoms with Crippen LogP contribution >= 0.6 is 0 Å². The van der Waals surface area contributed by atoms with Gasteiger partial charge < -0.3 is 15.5 Å². The van der Waals surface area contributed by atoms with Crippen LogP contribution in [0.25, 0.3) is 0 Å². The molecular weight excluding hydrogens is 266 g/mol. The average Bonchev–Trinajstić information content (AvgIpc) is 3.36. The van der Waals surface area contributed by atoms with Crippen LogP contribution in [0.4, 0.5) is 0 Å². The molecule has 3 rings (SSSR count). The van der Waals surface area contributed by atoms with Gasteiger partial charge in [0.1, 0.15) is 0 Å². The summed E-state index contributed by atoms with van der Waals surface area (Å²) in [6.07, 6.45) is 1.82. The first kappa shape index (κ1) is 14.1. The van der Waals surface area contributed by atoms with Crippen molar-refractivity contribution in [1.29, 1.82) is 0 Å². The molecule has 2 aliphatic rings. The Morgan fingerprint density at radius 3 is 2.10 bits per heavy atom. The van der Waals surface area contributed by atoms with Crippen molar-refractivity contribution in [3.05, 3.63) is 35.9 Å². The van der Waals surface area contributed by atoms with E-state index in [-0.39, 0.29) is 17.2 Å². The summed E-state index contributed by atoms with van der Waals surface area (Å²) in [5, 5.41) is 0. The number of rotatable bonds is 3. The summed E-state index contributed by atoms with van der Waals surface area (Å²) in [4.78, 5) is 28.4.